The van der Waals surface area contributed by atoms with E-state index in [0.29, 0.717) is 10.8 Å². The number of nitrogens with zero attached hydrogens (tertiary/aromatic N) is 2. The number of rotatable bonds is 2. The number of carbonyl (C=O) groups is 1. The van der Waals surface area contributed by atoms with Crippen molar-refractivity contribution in [2.45, 2.75) is 6.54 Å². The Labute approximate surface area is 111 Å². The van der Waals surface area contributed by atoms with Crippen molar-refractivity contribution in [2.75, 3.05) is 5.73 Å². The zero-order chi connectivity index (χ0) is 14.7. The van der Waals surface area contributed by atoms with Crippen molar-refractivity contribution in [1.29, 1.82) is 0 Å². The Hall–Kier alpha value is -2.77. The van der Waals surface area contributed by atoms with Crippen LogP contribution in [-0.4, -0.2) is 15.6 Å². The topological polar surface area (TPSA) is 90.0 Å². The summed E-state index contributed by atoms with van der Waals surface area (Å²) >= 11 is 0. The van der Waals surface area contributed by atoms with Crippen LogP contribution in [-0.2, 0) is 6.54 Å². The molecule has 0 unspecified atom stereocenters. The largest absolute Gasteiger partial charge is 0.381 e. The second-order valence-corrected chi connectivity index (χ2v) is 3.88. The van der Waals surface area contributed by atoms with Gasteiger partial charge in [0.1, 0.15) is 5.82 Å². The van der Waals surface area contributed by atoms with Gasteiger partial charge in [-0.25, -0.2) is 22.9 Å². The predicted molar refractivity (Wildman–Crippen MR) is 66.9 cm³/mol. The molecule has 1 aromatic heterocycles. The van der Waals surface area contributed by atoms with Gasteiger partial charge in [0.2, 0.25) is 0 Å². The zero-order valence-electron chi connectivity index (χ0n) is 10.1. The Morgan fingerprint density at radius 1 is 1.30 bits per heavy atom. The molecule has 8 heteroatoms. The fourth-order valence-electron chi connectivity index (χ4n) is 1.49. The Morgan fingerprint density at radius 3 is 2.70 bits per heavy atom. The van der Waals surface area contributed by atoms with Gasteiger partial charge in [-0.2, -0.15) is 4.98 Å². The van der Waals surface area contributed by atoms with E-state index in [2.05, 4.69) is 10.3 Å². The summed E-state index contributed by atoms with van der Waals surface area (Å²) in [6.45, 7) is -0.149. The van der Waals surface area contributed by atoms with Crippen LogP contribution in [0, 0.1) is 11.6 Å². The fraction of sp³-hybridized carbons (Fsp3) is 0.0833. The summed E-state index contributed by atoms with van der Waals surface area (Å²) in [7, 11) is 0. The first-order chi connectivity index (χ1) is 9.49. The van der Waals surface area contributed by atoms with Crippen LogP contribution in [0.25, 0.3) is 0 Å². The van der Waals surface area contributed by atoms with E-state index in [0.717, 1.165) is 0 Å². The van der Waals surface area contributed by atoms with Gasteiger partial charge >= 0.3 is 11.7 Å². The van der Waals surface area contributed by atoms with Crippen LogP contribution in [0.3, 0.4) is 0 Å². The van der Waals surface area contributed by atoms with E-state index in [1.54, 1.807) is 6.07 Å². The number of hydrogen-bond donors (Lipinski definition) is 2. The van der Waals surface area contributed by atoms with E-state index in [1.807, 2.05) is 0 Å². The van der Waals surface area contributed by atoms with Gasteiger partial charge in [0.25, 0.3) is 0 Å². The highest BCUT2D eigenvalue weighted by Crippen LogP contribution is 2.05. The van der Waals surface area contributed by atoms with Crippen LogP contribution in [0.15, 0.2) is 35.3 Å². The minimum absolute atomic E-state index is 0.149. The number of hydrogen-bond acceptors (Lipinski definition) is 4. The summed E-state index contributed by atoms with van der Waals surface area (Å²) in [5.41, 5.74) is 4.31. The number of carbonyl (C=O) groups excluding carboxylic acids is 1. The third kappa shape index (κ3) is 2.79. The first-order valence-corrected chi connectivity index (χ1v) is 5.55. The van der Waals surface area contributed by atoms with E-state index in [1.165, 1.54) is 18.2 Å². The molecule has 6 nitrogen and oxygen atoms in total. The number of aromatic nitrogens is 2. The number of halogens is 2. The molecule has 2 rings (SSSR count). The lowest BCUT2D eigenvalue weighted by Gasteiger charge is -2.08. The van der Waals surface area contributed by atoms with E-state index in [-0.39, 0.29) is 12.1 Å². The van der Waals surface area contributed by atoms with Crippen LogP contribution in [0.4, 0.5) is 19.4 Å². The van der Waals surface area contributed by atoms with Gasteiger partial charge < -0.3 is 11.1 Å². The molecule has 1 amide bonds. The van der Waals surface area contributed by atoms with Crippen molar-refractivity contribution in [1.82, 2.24) is 14.9 Å². The van der Waals surface area contributed by atoms with Gasteiger partial charge in [0, 0.05) is 12.1 Å². The summed E-state index contributed by atoms with van der Waals surface area (Å²) in [5.74, 6) is -2.08. The van der Waals surface area contributed by atoms with E-state index < -0.39 is 29.2 Å². The highest BCUT2D eigenvalue weighted by atomic mass is 19.1. The van der Waals surface area contributed by atoms with Crippen LogP contribution >= 0.6 is 0 Å². The molecule has 0 spiro atoms. The summed E-state index contributed by atoms with van der Waals surface area (Å²) < 4.78 is 26.9. The number of nitrogen functional groups attached to an aromatic ring is 1. The maximum Gasteiger partial charge on any atom is 0.357 e. The molecule has 0 aliphatic heterocycles. The van der Waals surface area contributed by atoms with Crippen molar-refractivity contribution in [3.05, 3.63) is 58.1 Å². The average Bonchev–Trinajstić information content (AvgIpc) is 2.41. The first kappa shape index (κ1) is 13.7. The smallest absolute Gasteiger partial charge is 0.357 e. The molecular weight excluding hydrogens is 270 g/mol. The Kier molecular flexibility index (Phi) is 3.74. The summed E-state index contributed by atoms with van der Waals surface area (Å²) in [6.07, 6.45) is 0.626. The number of anilines is 1. The van der Waals surface area contributed by atoms with E-state index in [4.69, 9.17) is 5.73 Å². The van der Waals surface area contributed by atoms with Gasteiger partial charge in [0.05, 0.1) is 6.20 Å². The van der Waals surface area contributed by atoms with E-state index in [9.17, 15) is 18.4 Å². The molecule has 0 saturated carbocycles. The van der Waals surface area contributed by atoms with Gasteiger partial charge in [0.15, 0.2) is 11.6 Å². The summed E-state index contributed by atoms with van der Waals surface area (Å²) in [6, 6.07) is 4.88. The van der Waals surface area contributed by atoms with Gasteiger partial charge in [-0.05, 0) is 6.07 Å². The maximum absolute atomic E-state index is 13.3. The molecule has 20 heavy (non-hydrogen) atoms. The lowest BCUT2D eigenvalue weighted by Crippen LogP contribution is -2.37. The van der Waals surface area contributed by atoms with Crippen molar-refractivity contribution in [2.24, 2.45) is 0 Å². The van der Waals surface area contributed by atoms with Gasteiger partial charge in [-0.1, -0.05) is 18.2 Å². The molecule has 0 aliphatic carbocycles. The zero-order valence-corrected chi connectivity index (χ0v) is 10.1. The third-order valence-corrected chi connectivity index (χ3v) is 2.52. The highest BCUT2D eigenvalue weighted by molar-refractivity contribution is 5.76. The minimum atomic E-state index is -1.02. The van der Waals surface area contributed by atoms with Crippen molar-refractivity contribution in [3.63, 3.8) is 0 Å². The molecule has 0 fully saturated rings. The monoisotopic (exact) mass is 280 g/mol. The van der Waals surface area contributed by atoms with E-state index >= 15 is 0 Å². The molecule has 2 aromatic rings. The second kappa shape index (κ2) is 5.47. The summed E-state index contributed by atoms with van der Waals surface area (Å²) in [4.78, 5) is 26.2. The molecule has 0 aliphatic rings. The van der Waals surface area contributed by atoms with Crippen LogP contribution in [0.2, 0.25) is 0 Å². The predicted octanol–water partition coefficient (Wildman–Crippen LogP) is 0.862. The molecule has 1 heterocycles. The Balaban J connectivity index is 2.16. The molecule has 104 valence electrons. The molecular formula is C12H10F2N4O2. The Morgan fingerprint density at radius 2 is 2.00 bits per heavy atom. The Bertz CT molecular complexity index is 715. The standard InChI is InChI=1S/C12H10F2N4O2/c13-8-4-2-1-3-7(8)5-16-11(19)18-6-9(14)10(15)17-12(18)20/h1-4,6H,5H2,(H,16,19)(H2,15,17,20). The minimum Gasteiger partial charge on any atom is -0.381 e. The quantitative estimate of drug-likeness (QED) is 0.853. The molecule has 0 bridgehead atoms. The third-order valence-electron chi connectivity index (χ3n) is 2.52. The highest BCUT2D eigenvalue weighted by Gasteiger charge is 2.12. The number of nitrogens with two attached hydrogens (primary N) is 1. The molecule has 1 aromatic carbocycles. The average molecular weight is 280 g/mol. The molecule has 0 saturated heterocycles. The molecule has 0 radical (unpaired) electrons. The van der Waals surface area contributed by atoms with Crippen LogP contribution in [0.1, 0.15) is 5.56 Å². The van der Waals surface area contributed by atoms with Crippen LogP contribution in [0.5, 0.6) is 0 Å². The van der Waals surface area contributed by atoms with Gasteiger partial charge in [-0.3, -0.25) is 0 Å². The van der Waals surface area contributed by atoms with Crippen molar-refractivity contribution >= 4 is 11.8 Å². The van der Waals surface area contributed by atoms with Crippen molar-refractivity contribution in [3.8, 4) is 0 Å². The summed E-state index contributed by atoms with van der Waals surface area (Å²) in [5, 5.41) is 2.28. The van der Waals surface area contributed by atoms with Crippen LogP contribution < -0.4 is 16.7 Å². The maximum atomic E-state index is 13.3. The normalized spacial score (nSPS) is 10.3. The SMILES string of the molecule is Nc1nc(=O)n(C(=O)NCc2ccccc2F)cc1F. The fourth-order valence-corrected chi connectivity index (χ4v) is 1.49. The molecule has 0 atom stereocenters. The van der Waals surface area contributed by atoms with Crippen molar-refractivity contribution < 1.29 is 13.6 Å². The number of benzene rings is 1. The first-order valence-electron chi connectivity index (χ1n) is 5.55. The lowest BCUT2D eigenvalue weighted by molar-refractivity contribution is 0.240. The lowest BCUT2D eigenvalue weighted by atomic mass is 10.2. The number of nitrogens with one attached hydrogen (secondary N) is 1. The molecule has 3 N–H and O–H groups in total. The number of amides is 1. The second-order valence-electron chi connectivity index (χ2n) is 3.88. The van der Waals surface area contributed by atoms with Gasteiger partial charge in [-0.15, -0.1) is 0 Å².